The zero-order chi connectivity index (χ0) is 14.8. The van der Waals surface area contributed by atoms with Gasteiger partial charge in [-0.1, -0.05) is 82.1 Å². The van der Waals surface area contributed by atoms with Gasteiger partial charge in [0.2, 0.25) is 0 Å². The van der Waals surface area contributed by atoms with Crippen LogP contribution in [-0.2, 0) is 0 Å². The lowest BCUT2D eigenvalue weighted by molar-refractivity contribution is 0.162. The van der Waals surface area contributed by atoms with E-state index in [-0.39, 0.29) is 6.10 Å². The second-order valence-electron chi connectivity index (χ2n) is 6.14. The zero-order valence-corrected chi connectivity index (χ0v) is 13.6. The van der Waals surface area contributed by atoms with Crippen LogP contribution in [0.15, 0.2) is 18.2 Å². The van der Waals surface area contributed by atoms with E-state index in [2.05, 4.69) is 39.0 Å². The van der Waals surface area contributed by atoms with Crippen LogP contribution in [-0.4, -0.2) is 5.11 Å². The molecule has 0 saturated carbocycles. The summed E-state index contributed by atoms with van der Waals surface area (Å²) in [6, 6.07) is 6.36. The Kier molecular flexibility index (Phi) is 8.60. The lowest BCUT2D eigenvalue weighted by atomic mass is 9.96. The van der Waals surface area contributed by atoms with E-state index in [1.165, 1.54) is 56.1 Å². The number of aliphatic hydroxyl groups excluding tert-OH is 1. The highest BCUT2D eigenvalue weighted by molar-refractivity contribution is 5.32. The largest absolute Gasteiger partial charge is 0.388 e. The minimum absolute atomic E-state index is 0.282. The summed E-state index contributed by atoms with van der Waals surface area (Å²) >= 11 is 0. The van der Waals surface area contributed by atoms with Gasteiger partial charge in [-0.2, -0.15) is 0 Å². The van der Waals surface area contributed by atoms with E-state index in [4.69, 9.17) is 0 Å². The Labute approximate surface area is 125 Å². The van der Waals surface area contributed by atoms with Gasteiger partial charge in [-0.15, -0.1) is 0 Å². The van der Waals surface area contributed by atoms with Gasteiger partial charge in [0.05, 0.1) is 6.10 Å². The number of hydrogen-bond acceptors (Lipinski definition) is 1. The van der Waals surface area contributed by atoms with Crippen LogP contribution >= 0.6 is 0 Å². The van der Waals surface area contributed by atoms with Crippen molar-refractivity contribution in [2.75, 3.05) is 0 Å². The highest BCUT2D eigenvalue weighted by Gasteiger charge is 2.10. The molecule has 1 N–H and O–H groups in total. The highest BCUT2D eigenvalue weighted by atomic mass is 16.3. The number of benzene rings is 1. The van der Waals surface area contributed by atoms with E-state index in [9.17, 15) is 5.11 Å². The summed E-state index contributed by atoms with van der Waals surface area (Å²) in [5, 5.41) is 10.3. The van der Waals surface area contributed by atoms with Crippen molar-refractivity contribution >= 4 is 0 Å². The maximum Gasteiger partial charge on any atom is 0.0792 e. The van der Waals surface area contributed by atoms with E-state index < -0.39 is 0 Å². The Hall–Kier alpha value is -0.820. The monoisotopic (exact) mass is 276 g/mol. The summed E-state index contributed by atoms with van der Waals surface area (Å²) in [5.74, 6) is 0. The molecule has 0 saturated heterocycles. The summed E-state index contributed by atoms with van der Waals surface area (Å²) in [5.41, 5.74) is 3.57. The van der Waals surface area contributed by atoms with Crippen molar-refractivity contribution in [1.29, 1.82) is 0 Å². The third kappa shape index (κ3) is 6.56. The van der Waals surface area contributed by atoms with Crippen LogP contribution in [0.5, 0.6) is 0 Å². The molecule has 0 aliphatic carbocycles. The SMILES string of the molecule is CCCCCCCCCCC(O)c1cc(C)ccc1C. The van der Waals surface area contributed by atoms with Crippen molar-refractivity contribution < 1.29 is 5.11 Å². The topological polar surface area (TPSA) is 20.2 Å². The molecule has 114 valence electrons. The molecule has 1 unspecified atom stereocenters. The molecule has 0 spiro atoms. The lowest BCUT2D eigenvalue weighted by Crippen LogP contribution is -2.00. The maximum atomic E-state index is 10.3. The average molecular weight is 276 g/mol. The molecule has 1 atom stereocenters. The van der Waals surface area contributed by atoms with Crippen LogP contribution in [0.1, 0.15) is 87.5 Å². The minimum atomic E-state index is -0.282. The van der Waals surface area contributed by atoms with E-state index in [1.54, 1.807) is 0 Å². The highest BCUT2D eigenvalue weighted by Crippen LogP contribution is 2.24. The Bertz CT molecular complexity index is 370. The van der Waals surface area contributed by atoms with Gasteiger partial charge in [-0.25, -0.2) is 0 Å². The van der Waals surface area contributed by atoms with Crippen molar-refractivity contribution in [1.82, 2.24) is 0 Å². The van der Waals surface area contributed by atoms with Gasteiger partial charge < -0.3 is 5.11 Å². The fourth-order valence-corrected chi connectivity index (χ4v) is 2.75. The van der Waals surface area contributed by atoms with Crippen molar-refractivity contribution in [3.8, 4) is 0 Å². The minimum Gasteiger partial charge on any atom is -0.388 e. The van der Waals surface area contributed by atoms with E-state index in [0.717, 1.165) is 18.4 Å². The molecule has 0 aliphatic heterocycles. The Morgan fingerprint density at radius 1 is 0.900 bits per heavy atom. The van der Waals surface area contributed by atoms with Gasteiger partial charge in [0.25, 0.3) is 0 Å². The molecule has 1 nitrogen and oxygen atoms in total. The van der Waals surface area contributed by atoms with Crippen LogP contribution in [0.25, 0.3) is 0 Å². The van der Waals surface area contributed by atoms with Crippen molar-refractivity contribution in [3.05, 3.63) is 34.9 Å². The number of hydrogen-bond donors (Lipinski definition) is 1. The Morgan fingerprint density at radius 3 is 2.15 bits per heavy atom. The smallest absolute Gasteiger partial charge is 0.0792 e. The number of aliphatic hydroxyl groups is 1. The Balaban J connectivity index is 2.17. The number of aryl methyl sites for hydroxylation is 2. The first kappa shape index (κ1) is 17.2. The third-order valence-electron chi connectivity index (χ3n) is 4.12. The van der Waals surface area contributed by atoms with Gasteiger partial charge in [-0.05, 0) is 31.4 Å². The van der Waals surface area contributed by atoms with Crippen molar-refractivity contribution in [3.63, 3.8) is 0 Å². The summed E-state index contributed by atoms with van der Waals surface area (Å²) in [6.07, 6.45) is 11.2. The predicted molar refractivity (Wildman–Crippen MR) is 88.1 cm³/mol. The van der Waals surface area contributed by atoms with E-state index >= 15 is 0 Å². The summed E-state index contributed by atoms with van der Waals surface area (Å²) in [7, 11) is 0. The van der Waals surface area contributed by atoms with Crippen LogP contribution in [0.2, 0.25) is 0 Å². The Morgan fingerprint density at radius 2 is 1.50 bits per heavy atom. The van der Waals surface area contributed by atoms with Crippen molar-refractivity contribution in [2.24, 2.45) is 0 Å². The molecule has 20 heavy (non-hydrogen) atoms. The number of rotatable bonds is 10. The fourth-order valence-electron chi connectivity index (χ4n) is 2.75. The van der Waals surface area contributed by atoms with Crippen LogP contribution in [0, 0.1) is 13.8 Å². The molecule has 1 rings (SSSR count). The molecule has 0 aromatic heterocycles. The van der Waals surface area contributed by atoms with Crippen molar-refractivity contribution in [2.45, 2.75) is 84.7 Å². The molecular weight excluding hydrogens is 244 g/mol. The second-order valence-corrected chi connectivity index (χ2v) is 6.14. The van der Waals surface area contributed by atoms with Gasteiger partial charge in [0, 0.05) is 0 Å². The van der Waals surface area contributed by atoms with Crippen LogP contribution in [0.4, 0.5) is 0 Å². The lowest BCUT2D eigenvalue weighted by Gasteiger charge is -2.14. The van der Waals surface area contributed by atoms with Crippen LogP contribution < -0.4 is 0 Å². The fraction of sp³-hybridized carbons (Fsp3) is 0.684. The zero-order valence-electron chi connectivity index (χ0n) is 13.6. The molecule has 0 fully saturated rings. The third-order valence-corrected chi connectivity index (χ3v) is 4.12. The van der Waals surface area contributed by atoms with E-state index in [1.807, 2.05) is 0 Å². The van der Waals surface area contributed by atoms with E-state index in [0.29, 0.717) is 0 Å². The molecule has 0 bridgehead atoms. The molecule has 0 heterocycles. The normalized spacial score (nSPS) is 12.6. The van der Waals surface area contributed by atoms with Crippen LogP contribution in [0.3, 0.4) is 0 Å². The average Bonchev–Trinajstić information content (AvgIpc) is 2.44. The maximum absolute atomic E-state index is 10.3. The summed E-state index contributed by atoms with van der Waals surface area (Å²) in [4.78, 5) is 0. The first-order valence-corrected chi connectivity index (χ1v) is 8.40. The first-order valence-electron chi connectivity index (χ1n) is 8.40. The molecule has 1 heteroatoms. The van der Waals surface area contributed by atoms with Gasteiger partial charge in [0.15, 0.2) is 0 Å². The molecule has 0 aliphatic rings. The molecule has 1 aromatic rings. The predicted octanol–water partition coefficient (Wildman–Crippen LogP) is 5.87. The molecule has 0 radical (unpaired) electrons. The second kappa shape index (κ2) is 9.99. The van der Waals surface area contributed by atoms with Gasteiger partial charge in [-0.3, -0.25) is 0 Å². The van der Waals surface area contributed by atoms with Gasteiger partial charge in [0.1, 0.15) is 0 Å². The molecule has 0 amide bonds. The summed E-state index contributed by atoms with van der Waals surface area (Å²) in [6.45, 7) is 6.44. The number of unbranched alkanes of at least 4 members (excludes halogenated alkanes) is 7. The summed E-state index contributed by atoms with van der Waals surface area (Å²) < 4.78 is 0. The quantitative estimate of drug-likeness (QED) is 0.530. The standard InChI is InChI=1S/C19H32O/c1-4-5-6-7-8-9-10-11-12-19(20)18-15-16(2)13-14-17(18)3/h13-15,19-20H,4-12H2,1-3H3. The van der Waals surface area contributed by atoms with Gasteiger partial charge >= 0.3 is 0 Å². The first-order chi connectivity index (χ1) is 9.65. The molecule has 1 aromatic carbocycles. The molecular formula is C19H32O.